The number of benzene rings is 2. The van der Waals surface area contributed by atoms with Crippen LogP contribution < -0.4 is 10.9 Å². The number of rotatable bonds is 5. The SMILES string of the molecule is CCOC(=O)c1nn(-c2ccc(Br)cc2)c(=O)c2c(NC(=O)c3cccc(Cl)c3)scc12. The maximum atomic E-state index is 13.4. The second-order valence-corrected chi connectivity index (χ2v) is 8.81. The van der Waals surface area contributed by atoms with E-state index in [2.05, 4.69) is 26.3 Å². The van der Waals surface area contributed by atoms with Crippen molar-refractivity contribution < 1.29 is 14.3 Å². The average molecular weight is 533 g/mol. The number of amides is 1. The van der Waals surface area contributed by atoms with Gasteiger partial charge in [-0.3, -0.25) is 9.59 Å². The van der Waals surface area contributed by atoms with Crippen molar-refractivity contribution in [2.75, 3.05) is 11.9 Å². The Hall–Kier alpha value is -3.01. The monoisotopic (exact) mass is 531 g/mol. The van der Waals surface area contributed by atoms with Crippen LogP contribution in [0.2, 0.25) is 5.02 Å². The normalized spacial score (nSPS) is 10.8. The van der Waals surface area contributed by atoms with Crippen LogP contribution in [0.3, 0.4) is 0 Å². The van der Waals surface area contributed by atoms with Gasteiger partial charge in [0.05, 0.1) is 17.7 Å². The third kappa shape index (κ3) is 4.32. The first-order valence-corrected chi connectivity index (χ1v) is 11.5. The highest BCUT2D eigenvalue weighted by Crippen LogP contribution is 2.31. The van der Waals surface area contributed by atoms with Gasteiger partial charge >= 0.3 is 5.97 Å². The molecule has 0 spiro atoms. The first-order chi connectivity index (χ1) is 15.4. The Labute approximate surface area is 199 Å². The van der Waals surface area contributed by atoms with Crippen molar-refractivity contribution in [1.82, 2.24) is 9.78 Å². The lowest BCUT2D eigenvalue weighted by Crippen LogP contribution is -2.25. The number of hydrogen-bond acceptors (Lipinski definition) is 6. The van der Waals surface area contributed by atoms with Crippen LogP contribution in [0.1, 0.15) is 27.8 Å². The van der Waals surface area contributed by atoms with Gasteiger partial charge in [-0.1, -0.05) is 33.6 Å². The summed E-state index contributed by atoms with van der Waals surface area (Å²) in [6, 6.07) is 13.4. The molecule has 1 N–H and O–H groups in total. The summed E-state index contributed by atoms with van der Waals surface area (Å²) in [7, 11) is 0. The summed E-state index contributed by atoms with van der Waals surface area (Å²) in [5.74, 6) is -1.09. The van der Waals surface area contributed by atoms with E-state index in [-0.39, 0.29) is 17.7 Å². The minimum Gasteiger partial charge on any atom is -0.461 e. The molecule has 0 unspecified atom stereocenters. The summed E-state index contributed by atoms with van der Waals surface area (Å²) in [6.07, 6.45) is 0. The van der Waals surface area contributed by atoms with Crippen molar-refractivity contribution in [1.29, 1.82) is 0 Å². The molecule has 2 heterocycles. The molecule has 0 saturated carbocycles. The van der Waals surface area contributed by atoms with Crippen LogP contribution in [0.25, 0.3) is 16.5 Å². The summed E-state index contributed by atoms with van der Waals surface area (Å²) >= 11 is 10.5. The number of thiophene rings is 1. The molecule has 1 amide bonds. The summed E-state index contributed by atoms with van der Waals surface area (Å²) < 4.78 is 7.09. The van der Waals surface area contributed by atoms with Gasteiger partial charge in [-0.15, -0.1) is 11.3 Å². The molecular weight excluding hydrogens is 518 g/mol. The largest absolute Gasteiger partial charge is 0.461 e. The van der Waals surface area contributed by atoms with Gasteiger partial charge in [0, 0.05) is 25.8 Å². The molecule has 0 bridgehead atoms. The number of halogens is 2. The van der Waals surface area contributed by atoms with Gasteiger partial charge in [0.25, 0.3) is 11.5 Å². The third-order valence-electron chi connectivity index (χ3n) is 4.51. The fourth-order valence-electron chi connectivity index (χ4n) is 3.05. The predicted octanol–water partition coefficient (Wildman–Crippen LogP) is 5.29. The molecule has 0 atom stereocenters. The first kappa shape index (κ1) is 22.2. The molecule has 0 fully saturated rings. The molecule has 0 aliphatic rings. The quantitative estimate of drug-likeness (QED) is 0.353. The Morgan fingerprint density at radius 1 is 1.22 bits per heavy atom. The zero-order chi connectivity index (χ0) is 22.8. The number of fused-ring (bicyclic) bond motifs is 1. The van der Waals surface area contributed by atoms with Gasteiger partial charge in [-0.25, -0.2) is 4.79 Å². The molecule has 0 saturated heterocycles. The van der Waals surface area contributed by atoms with E-state index in [1.54, 1.807) is 54.8 Å². The summed E-state index contributed by atoms with van der Waals surface area (Å²) in [6.45, 7) is 1.84. The van der Waals surface area contributed by atoms with Crippen molar-refractivity contribution in [2.24, 2.45) is 0 Å². The molecule has 162 valence electrons. The van der Waals surface area contributed by atoms with Gasteiger partial charge in [-0.2, -0.15) is 9.78 Å². The smallest absolute Gasteiger partial charge is 0.359 e. The molecule has 0 aliphatic heterocycles. The predicted molar refractivity (Wildman–Crippen MR) is 128 cm³/mol. The Morgan fingerprint density at radius 3 is 2.66 bits per heavy atom. The zero-order valence-corrected chi connectivity index (χ0v) is 19.8. The third-order valence-corrected chi connectivity index (χ3v) is 6.17. The van der Waals surface area contributed by atoms with E-state index in [0.717, 1.165) is 20.5 Å². The van der Waals surface area contributed by atoms with Crippen LogP contribution >= 0.6 is 38.9 Å². The van der Waals surface area contributed by atoms with Crippen molar-refractivity contribution in [2.45, 2.75) is 6.92 Å². The van der Waals surface area contributed by atoms with Crippen LogP contribution in [0.4, 0.5) is 5.00 Å². The van der Waals surface area contributed by atoms with Crippen molar-refractivity contribution in [3.05, 3.63) is 85.0 Å². The number of esters is 1. The maximum absolute atomic E-state index is 13.4. The van der Waals surface area contributed by atoms with E-state index in [4.69, 9.17) is 16.3 Å². The standard InChI is InChI=1S/C22H15BrClN3O4S/c1-2-31-22(30)18-16-11-32-20(25-19(28)12-4-3-5-14(24)10-12)17(16)21(29)27(26-18)15-8-6-13(23)7-9-15/h3-11H,2H2,1H3,(H,25,28). The van der Waals surface area contributed by atoms with Gasteiger partial charge < -0.3 is 10.1 Å². The molecule has 2 aromatic heterocycles. The van der Waals surface area contributed by atoms with Crippen LogP contribution in [-0.2, 0) is 4.74 Å². The lowest BCUT2D eigenvalue weighted by Gasteiger charge is -2.10. The average Bonchev–Trinajstić information content (AvgIpc) is 3.19. The number of anilines is 1. The van der Waals surface area contributed by atoms with Gasteiger partial charge in [0.1, 0.15) is 5.00 Å². The molecule has 4 rings (SSSR count). The second-order valence-electron chi connectivity index (χ2n) is 6.58. The number of hydrogen-bond donors (Lipinski definition) is 1. The topological polar surface area (TPSA) is 90.3 Å². The number of nitrogens with zero attached hydrogens (tertiary/aromatic N) is 2. The Morgan fingerprint density at radius 2 is 1.97 bits per heavy atom. The molecule has 2 aromatic carbocycles. The van der Waals surface area contributed by atoms with Gasteiger partial charge in [-0.05, 0) is 49.4 Å². The summed E-state index contributed by atoms with van der Waals surface area (Å²) in [5, 5.41) is 9.84. The van der Waals surface area contributed by atoms with E-state index >= 15 is 0 Å². The van der Waals surface area contributed by atoms with Crippen LogP contribution in [0.15, 0.2) is 63.2 Å². The minimum absolute atomic E-state index is 0.0103. The van der Waals surface area contributed by atoms with Crippen LogP contribution in [-0.4, -0.2) is 28.3 Å². The fourth-order valence-corrected chi connectivity index (χ4v) is 4.44. The first-order valence-electron chi connectivity index (χ1n) is 9.43. The van der Waals surface area contributed by atoms with Gasteiger partial charge in [0.2, 0.25) is 0 Å². The number of aromatic nitrogens is 2. The molecular formula is C22H15BrClN3O4S. The van der Waals surface area contributed by atoms with Crippen molar-refractivity contribution in [3.8, 4) is 5.69 Å². The highest BCUT2D eigenvalue weighted by atomic mass is 79.9. The molecule has 4 aromatic rings. The minimum atomic E-state index is -0.658. The number of carbonyl (C=O) groups is 2. The molecule has 7 nitrogen and oxygen atoms in total. The second kappa shape index (κ2) is 9.23. The Bertz CT molecular complexity index is 1400. The van der Waals surface area contributed by atoms with E-state index in [0.29, 0.717) is 26.7 Å². The highest BCUT2D eigenvalue weighted by Gasteiger charge is 2.23. The fraction of sp³-hybridized carbons (Fsp3) is 0.0909. The summed E-state index contributed by atoms with van der Waals surface area (Å²) in [5.41, 5.74) is 0.317. The van der Waals surface area contributed by atoms with Crippen molar-refractivity contribution >= 4 is 66.5 Å². The number of carbonyl (C=O) groups excluding carboxylic acids is 2. The Kier molecular flexibility index (Phi) is 6.40. The molecule has 0 aliphatic carbocycles. The summed E-state index contributed by atoms with van der Waals surface area (Å²) in [4.78, 5) is 38.7. The van der Waals surface area contributed by atoms with Crippen LogP contribution in [0, 0.1) is 0 Å². The molecule has 0 radical (unpaired) electrons. The number of nitrogens with one attached hydrogen (secondary N) is 1. The number of ether oxygens (including phenoxy) is 1. The molecule has 32 heavy (non-hydrogen) atoms. The zero-order valence-electron chi connectivity index (χ0n) is 16.6. The van der Waals surface area contributed by atoms with Crippen molar-refractivity contribution in [3.63, 3.8) is 0 Å². The lowest BCUT2D eigenvalue weighted by molar-refractivity contribution is 0.0520. The van der Waals surface area contributed by atoms with Crippen LogP contribution in [0.5, 0.6) is 0 Å². The lowest BCUT2D eigenvalue weighted by atomic mass is 10.2. The van der Waals surface area contributed by atoms with E-state index < -0.39 is 17.4 Å². The highest BCUT2D eigenvalue weighted by molar-refractivity contribution is 9.10. The van der Waals surface area contributed by atoms with Gasteiger partial charge in [0.15, 0.2) is 5.69 Å². The van der Waals surface area contributed by atoms with E-state index in [1.807, 2.05) is 0 Å². The van der Waals surface area contributed by atoms with E-state index in [1.165, 1.54) is 6.07 Å². The maximum Gasteiger partial charge on any atom is 0.359 e. The Balaban J connectivity index is 1.88. The molecule has 10 heteroatoms. The van der Waals surface area contributed by atoms with E-state index in [9.17, 15) is 14.4 Å².